The number of carbonyl (C=O) groups is 4. The number of carbonyl (C=O) groups excluding carboxylic acids is 3. The molecule has 10 nitrogen and oxygen atoms in total. The number of nitrogens with zero attached hydrogens (tertiary/aromatic N) is 1. The van der Waals surface area contributed by atoms with Crippen molar-refractivity contribution in [3.8, 4) is 0 Å². The summed E-state index contributed by atoms with van der Waals surface area (Å²) in [6, 6.07) is -3.30. The molecule has 1 fully saturated rings. The molecule has 33 heavy (non-hydrogen) atoms. The number of hydrogen-bond acceptors (Lipinski definition) is 6. The second kappa shape index (κ2) is 14.1. The summed E-state index contributed by atoms with van der Waals surface area (Å²) in [7, 11) is 0. The van der Waals surface area contributed by atoms with Crippen LogP contribution in [0.15, 0.2) is 0 Å². The fraction of sp³-hybridized carbons (Fsp3) is 0.826. The van der Waals surface area contributed by atoms with Gasteiger partial charge in [0.25, 0.3) is 0 Å². The molecule has 0 spiro atoms. The first-order valence-corrected chi connectivity index (χ1v) is 12.1. The molecule has 1 saturated heterocycles. The van der Waals surface area contributed by atoms with E-state index in [1.165, 1.54) is 4.90 Å². The first kappa shape index (κ1) is 28.8. The lowest BCUT2D eigenvalue weighted by Crippen LogP contribution is -2.57. The minimum Gasteiger partial charge on any atom is -0.480 e. The number of likely N-dealkylation sites (tertiary alicyclic amines) is 1. The third-order valence-corrected chi connectivity index (χ3v) is 6.24. The number of nitrogens with one attached hydrogen (secondary N) is 2. The molecule has 0 aromatic carbocycles. The van der Waals surface area contributed by atoms with Gasteiger partial charge in [-0.1, -0.05) is 40.5 Å². The largest absolute Gasteiger partial charge is 0.480 e. The van der Waals surface area contributed by atoms with Crippen LogP contribution >= 0.6 is 0 Å². The first-order valence-electron chi connectivity index (χ1n) is 12.1. The fourth-order valence-electron chi connectivity index (χ4n) is 4.06. The summed E-state index contributed by atoms with van der Waals surface area (Å²) in [5.74, 6) is -2.48. The Kier molecular flexibility index (Phi) is 12.4. The molecule has 1 aliphatic rings. The van der Waals surface area contributed by atoms with Gasteiger partial charge in [-0.3, -0.25) is 14.4 Å². The smallest absolute Gasteiger partial charge is 0.326 e. The monoisotopic (exact) mass is 469 g/mol. The summed E-state index contributed by atoms with van der Waals surface area (Å²) < 4.78 is 0. The topological polar surface area (TPSA) is 168 Å². The van der Waals surface area contributed by atoms with Gasteiger partial charge in [0.1, 0.15) is 18.1 Å². The zero-order chi connectivity index (χ0) is 25.1. The van der Waals surface area contributed by atoms with Crippen LogP contribution in [0.4, 0.5) is 0 Å². The van der Waals surface area contributed by atoms with Crippen LogP contribution < -0.4 is 22.1 Å². The van der Waals surface area contributed by atoms with Crippen molar-refractivity contribution in [2.45, 2.75) is 96.8 Å². The number of rotatable bonds is 14. The highest BCUT2D eigenvalue weighted by Gasteiger charge is 2.38. The summed E-state index contributed by atoms with van der Waals surface area (Å²) in [6.45, 7) is 8.43. The molecule has 5 atom stereocenters. The lowest BCUT2D eigenvalue weighted by Gasteiger charge is -2.29. The van der Waals surface area contributed by atoms with E-state index in [-0.39, 0.29) is 17.7 Å². The summed E-state index contributed by atoms with van der Waals surface area (Å²) in [5, 5.41) is 14.9. The highest BCUT2D eigenvalue weighted by Crippen LogP contribution is 2.20. The second-order valence-electron chi connectivity index (χ2n) is 9.48. The van der Waals surface area contributed by atoms with Crippen LogP contribution in [-0.2, 0) is 19.2 Å². The van der Waals surface area contributed by atoms with Crippen molar-refractivity contribution in [2.24, 2.45) is 23.3 Å². The maximum Gasteiger partial charge on any atom is 0.326 e. The van der Waals surface area contributed by atoms with E-state index in [0.717, 1.165) is 12.8 Å². The van der Waals surface area contributed by atoms with Gasteiger partial charge in [-0.2, -0.15) is 0 Å². The number of unbranched alkanes of at least 4 members (excludes halogenated alkanes) is 1. The number of nitrogens with two attached hydrogens (primary N) is 2. The van der Waals surface area contributed by atoms with E-state index in [9.17, 15) is 24.3 Å². The second-order valence-corrected chi connectivity index (χ2v) is 9.48. The predicted molar refractivity (Wildman–Crippen MR) is 126 cm³/mol. The van der Waals surface area contributed by atoms with E-state index >= 15 is 0 Å². The van der Waals surface area contributed by atoms with E-state index in [4.69, 9.17) is 11.5 Å². The Bertz CT molecular complexity index is 672. The molecule has 0 bridgehead atoms. The van der Waals surface area contributed by atoms with E-state index < -0.39 is 42.0 Å². The Labute approximate surface area is 197 Å². The van der Waals surface area contributed by atoms with Gasteiger partial charge in [0, 0.05) is 6.54 Å². The highest BCUT2D eigenvalue weighted by molar-refractivity contribution is 5.94. The van der Waals surface area contributed by atoms with Crippen molar-refractivity contribution in [2.75, 3.05) is 13.1 Å². The lowest BCUT2D eigenvalue weighted by atomic mass is 9.97. The minimum atomic E-state index is -1.11. The van der Waals surface area contributed by atoms with Gasteiger partial charge in [-0.25, -0.2) is 4.79 Å². The van der Waals surface area contributed by atoms with Gasteiger partial charge in [-0.15, -0.1) is 0 Å². The molecule has 0 radical (unpaired) electrons. The van der Waals surface area contributed by atoms with Crippen molar-refractivity contribution < 1.29 is 24.3 Å². The van der Waals surface area contributed by atoms with Gasteiger partial charge >= 0.3 is 5.97 Å². The molecule has 5 unspecified atom stereocenters. The number of carboxylic acids is 1. The van der Waals surface area contributed by atoms with Crippen LogP contribution in [-0.4, -0.2) is 71.0 Å². The SMILES string of the molecule is CCC(C)C(NC(=O)C(CC(C)C)NC(=O)C1CCCN1C(=O)C(N)CCCCN)C(=O)O. The highest BCUT2D eigenvalue weighted by atomic mass is 16.4. The van der Waals surface area contributed by atoms with Gasteiger partial charge in [-0.05, 0) is 50.5 Å². The summed E-state index contributed by atoms with van der Waals surface area (Å²) in [5.41, 5.74) is 11.6. The molecular formula is C23H43N5O5. The Morgan fingerprint density at radius 3 is 2.33 bits per heavy atom. The minimum absolute atomic E-state index is 0.0882. The van der Waals surface area contributed by atoms with Gasteiger partial charge < -0.3 is 32.1 Å². The van der Waals surface area contributed by atoms with E-state index in [2.05, 4.69) is 10.6 Å². The molecule has 0 aliphatic carbocycles. The summed E-state index contributed by atoms with van der Waals surface area (Å²) in [4.78, 5) is 52.0. The van der Waals surface area contributed by atoms with Crippen LogP contribution in [0.5, 0.6) is 0 Å². The molecule has 1 rings (SSSR count). The summed E-state index contributed by atoms with van der Waals surface area (Å²) >= 11 is 0. The van der Waals surface area contributed by atoms with E-state index in [0.29, 0.717) is 45.2 Å². The Morgan fingerprint density at radius 2 is 1.79 bits per heavy atom. The number of hydrogen-bond donors (Lipinski definition) is 5. The van der Waals surface area contributed by atoms with Gasteiger partial charge in [0.15, 0.2) is 0 Å². The molecule has 3 amide bonds. The van der Waals surface area contributed by atoms with Gasteiger partial charge in [0.05, 0.1) is 6.04 Å². The van der Waals surface area contributed by atoms with Crippen molar-refractivity contribution in [1.29, 1.82) is 0 Å². The maximum atomic E-state index is 13.1. The Hall–Kier alpha value is -2.20. The zero-order valence-electron chi connectivity index (χ0n) is 20.5. The molecule has 10 heteroatoms. The molecule has 1 aliphatic heterocycles. The molecule has 7 N–H and O–H groups in total. The maximum absolute atomic E-state index is 13.1. The Balaban J connectivity index is 2.88. The van der Waals surface area contributed by atoms with Crippen LogP contribution in [0.25, 0.3) is 0 Å². The number of aliphatic carboxylic acids is 1. The molecule has 0 aromatic heterocycles. The predicted octanol–water partition coefficient (Wildman–Crippen LogP) is 0.580. The fourth-order valence-corrected chi connectivity index (χ4v) is 4.06. The average molecular weight is 470 g/mol. The number of carboxylic acid groups (broad SMARTS) is 1. The standard InChI is InChI=1S/C23H43N5O5/c1-5-15(4)19(23(32)33)27-20(29)17(13-14(2)3)26-21(30)18-10-8-12-28(18)22(31)16(25)9-6-7-11-24/h14-19H,5-13,24-25H2,1-4H3,(H,26,30)(H,27,29)(H,32,33). The average Bonchev–Trinajstić information content (AvgIpc) is 3.25. The Morgan fingerprint density at radius 1 is 1.12 bits per heavy atom. The van der Waals surface area contributed by atoms with E-state index in [1.807, 2.05) is 20.8 Å². The van der Waals surface area contributed by atoms with Gasteiger partial charge in [0.2, 0.25) is 17.7 Å². The third kappa shape index (κ3) is 8.92. The molecule has 0 aromatic rings. The zero-order valence-corrected chi connectivity index (χ0v) is 20.5. The van der Waals surface area contributed by atoms with Crippen molar-refractivity contribution >= 4 is 23.7 Å². The first-order chi connectivity index (χ1) is 15.5. The van der Waals surface area contributed by atoms with Crippen LogP contribution in [0, 0.1) is 11.8 Å². The van der Waals surface area contributed by atoms with E-state index in [1.54, 1.807) is 6.92 Å². The molecular weight excluding hydrogens is 426 g/mol. The lowest BCUT2D eigenvalue weighted by molar-refractivity contribution is -0.144. The number of amides is 3. The quantitative estimate of drug-likeness (QED) is 0.232. The van der Waals surface area contributed by atoms with Crippen molar-refractivity contribution in [3.63, 3.8) is 0 Å². The summed E-state index contributed by atoms with van der Waals surface area (Å²) in [6.07, 6.45) is 4.14. The molecule has 0 saturated carbocycles. The molecule has 1 heterocycles. The third-order valence-electron chi connectivity index (χ3n) is 6.24. The van der Waals surface area contributed by atoms with Crippen molar-refractivity contribution in [1.82, 2.24) is 15.5 Å². The normalized spacial score (nSPS) is 19.6. The van der Waals surface area contributed by atoms with Crippen LogP contribution in [0.2, 0.25) is 0 Å². The van der Waals surface area contributed by atoms with Crippen LogP contribution in [0.1, 0.15) is 72.6 Å². The van der Waals surface area contributed by atoms with Crippen LogP contribution in [0.3, 0.4) is 0 Å². The molecule has 190 valence electrons. The van der Waals surface area contributed by atoms with Crippen molar-refractivity contribution in [3.05, 3.63) is 0 Å².